The van der Waals surface area contributed by atoms with Crippen molar-refractivity contribution in [3.8, 4) is 10.6 Å². The van der Waals surface area contributed by atoms with Gasteiger partial charge in [-0.3, -0.25) is 19.7 Å². The molecule has 1 heterocycles. The molecule has 0 fully saturated rings. The van der Waals surface area contributed by atoms with Gasteiger partial charge in [0.2, 0.25) is 0 Å². The van der Waals surface area contributed by atoms with Crippen LogP contribution in [0.1, 0.15) is 30.8 Å². The molecule has 0 aliphatic rings. The fourth-order valence-electron chi connectivity index (χ4n) is 2.17. The van der Waals surface area contributed by atoms with Crippen molar-refractivity contribution in [1.82, 2.24) is 9.88 Å². The Balaban J connectivity index is 2.25. The highest BCUT2D eigenvalue weighted by molar-refractivity contribution is 7.13. The minimum Gasteiger partial charge on any atom is -0.480 e. The summed E-state index contributed by atoms with van der Waals surface area (Å²) in [6.07, 6.45) is 0.623. The highest BCUT2D eigenvalue weighted by Gasteiger charge is 2.25. The van der Waals surface area contributed by atoms with E-state index in [0.717, 1.165) is 0 Å². The maximum atomic E-state index is 12.6. The maximum Gasteiger partial charge on any atom is 0.323 e. The predicted octanol–water partition coefficient (Wildman–Crippen LogP) is 3.04. The van der Waals surface area contributed by atoms with Crippen LogP contribution in [0.4, 0.5) is 5.69 Å². The van der Waals surface area contributed by atoms with Gasteiger partial charge in [-0.1, -0.05) is 6.92 Å². The normalized spacial score (nSPS) is 11.8. The van der Waals surface area contributed by atoms with E-state index in [-0.39, 0.29) is 17.4 Å². The summed E-state index contributed by atoms with van der Waals surface area (Å²) < 4.78 is 0. The molecule has 2 rings (SSSR count). The zero-order chi connectivity index (χ0) is 18.6. The Morgan fingerprint density at radius 3 is 2.52 bits per heavy atom. The zero-order valence-corrected chi connectivity index (χ0v) is 14.5. The van der Waals surface area contributed by atoms with E-state index in [1.807, 2.05) is 6.92 Å². The number of carboxylic acids is 1. The minimum absolute atomic E-state index is 0.0268. The number of amides is 1. The molecular formula is C16H17N3O5S. The Hall–Kier alpha value is -2.81. The lowest BCUT2D eigenvalue weighted by atomic mass is 10.2. The number of benzene rings is 1. The Kier molecular flexibility index (Phi) is 5.81. The molecule has 0 saturated heterocycles. The molecule has 2 aromatic rings. The largest absolute Gasteiger partial charge is 0.480 e. The molecule has 1 atom stereocenters. The fourth-order valence-corrected chi connectivity index (χ4v) is 2.97. The third-order valence-corrected chi connectivity index (χ3v) is 4.63. The number of carbonyl (C=O) groups is 2. The summed E-state index contributed by atoms with van der Waals surface area (Å²) >= 11 is 1.22. The maximum absolute atomic E-state index is 12.6. The van der Waals surface area contributed by atoms with Crippen molar-refractivity contribution in [3.05, 3.63) is 45.5 Å². The molecule has 9 heteroatoms. The first kappa shape index (κ1) is 18.5. The topological polar surface area (TPSA) is 114 Å². The van der Waals surface area contributed by atoms with E-state index in [0.29, 0.717) is 17.0 Å². The Morgan fingerprint density at radius 2 is 2.00 bits per heavy atom. The molecule has 1 N–H and O–H groups in total. The van der Waals surface area contributed by atoms with Crippen LogP contribution >= 0.6 is 11.3 Å². The molecule has 0 aliphatic heterocycles. The summed E-state index contributed by atoms with van der Waals surface area (Å²) in [6.45, 7) is 3.26. The van der Waals surface area contributed by atoms with Crippen LogP contribution < -0.4 is 0 Å². The second-order valence-corrected chi connectivity index (χ2v) is 6.28. The molecule has 1 aromatic heterocycles. The molecule has 0 saturated carbocycles. The van der Waals surface area contributed by atoms with Crippen molar-refractivity contribution >= 4 is 28.9 Å². The first-order chi connectivity index (χ1) is 11.8. The highest BCUT2D eigenvalue weighted by Crippen LogP contribution is 2.26. The van der Waals surface area contributed by atoms with Crippen LogP contribution in [0.15, 0.2) is 29.6 Å². The second-order valence-electron chi connectivity index (χ2n) is 5.43. The summed E-state index contributed by atoms with van der Waals surface area (Å²) in [5.41, 5.74) is 0.795. The molecule has 132 valence electrons. The van der Waals surface area contributed by atoms with Gasteiger partial charge in [0.15, 0.2) is 0 Å². The van der Waals surface area contributed by atoms with Gasteiger partial charge in [0, 0.05) is 29.1 Å². The summed E-state index contributed by atoms with van der Waals surface area (Å²) in [5.74, 6) is -1.53. The monoisotopic (exact) mass is 363 g/mol. The number of aliphatic carboxylic acids is 1. The number of aromatic nitrogens is 1. The number of carboxylic acid groups (broad SMARTS) is 1. The standard InChI is InChI=1S/C16H17N3O5S/c1-3-10(2)18(8-14(20)21)16(22)13-9-25-15(17-13)11-4-6-12(7-5-11)19(23)24/h4-7,9-10H,3,8H2,1-2H3,(H,20,21). The average molecular weight is 363 g/mol. The lowest BCUT2D eigenvalue weighted by Crippen LogP contribution is -2.42. The van der Waals surface area contributed by atoms with Crippen LogP contribution in [-0.4, -0.2) is 44.4 Å². The molecule has 0 radical (unpaired) electrons. The Labute approximate surface area is 147 Å². The third-order valence-electron chi connectivity index (χ3n) is 3.74. The van der Waals surface area contributed by atoms with Crippen LogP contribution in [0.5, 0.6) is 0 Å². The van der Waals surface area contributed by atoms with Gasteiger partial charge in [-0.15, -0.1) is 11.3 Å². The Bertz CT molecular complexity index is 787. The van der Waals surface area contributed by atoms with Gasteiger partial charge in [-0.2, -0.15) is 0 Å². The molecule has 0 aliphatic carbocycles. The first-order valence-electron chi connectivity index (χ1n) is 7.56. The van der Waals surface area contributed by atoms with Crippen molar-refractivity contribution in [3.63, 3.8) is 0 Å². The van der Waals surface area contributed by atoms with E-state index in [1.165, 1.54) is 28.4 Å². The van der Waals surface area contributed by atoms with E-state index < -0.39 is 23.3 Å². The number of non-ortho nitro benzene ring substituents is 1. The third kappa shape index (κ3) is 4.38. The quantitative estimate of drug-likeness (QED) is 0.597. The summed E-state index contributed by atoms with van der Waals surface area (Å²) in [6, 6.07) is 5.64. The predicted molar refractivity (Wildman–Crippen MR) is 92.6 cm³/mol. The Morgan fingerprint density at radius 1 is 1.36 bits per heavy atom. The van der Waals surface area contributed by atoms with Crippen LogP contribution in [0, 0.1) is 10.1 Å². The SMILES string of the molecule is CCC(C)N(CC(=O)O)C(=O)c1csc(-c2ccc([N+](=O)[O-])cc2)n1. The number of hydrogen-bond donors (Lipinski definition) is 1. The van der Waals surface area contributed by atoms with Crippen LogP contribution in [-0.2, 0) is 4.79 Å². The molecule has 8 nitrogen and oxygen atoms in total. The van der Waals surface area contributed by atoms with Crippen molar-refractivity contribution in [2.75, 3.05) is 6.54 Å². The first-order valence-corrected chi connectivity index (χ1v) is 8.44. The van der Waals surface area contributed by atoms with Gasteiger partial charge < -0.3 is 10.0 Å². The molecule has 25 heavy (non-hydrogen) atoms. The van der Waals surface area contributed by atoms with Crippen LogP contribution in [0.25, 0.3) is 10.6 Å². The molecule has 1 amide bonds. The minimum atomic E-state index is -1.08. The van der Waals surface area contributed by atoms with Crippen molar-refractivity contribution in [1.29, 1.82) is 0 Å². The van der Waals surface area contributed by atoms with Gasteiger partial charge in [0.25, 0.3) is 11.6 Å². The number of hydrogen-bond acceptors (Lipinski definition) is 6. The second kappa shape index (κ2) is 7.84. The molecular weight excluding hydrogens is 346 g/mol. The number of nitrogens with zero attached hydrogens (tertiary/aromatic N) is 3. The van der Waals surface area contributed by atoms with Gasteiger partial charge in [0.1, 0.15) is 17.2 Å². The van der Waals surface area contributed by atoms with Gasteiger partial charge >= 0.3 is 5.97 Å². The molecule has 0 spiro atoms. The average Bonchev–Trinajstić information content (AvgIpc) is 3.08. The smallest absolute Gasteiger partial charge is 0.323 e. The van der Waals surface area contributed by atoms with Gasteiger partial charge in [0.05, 0.1) is 4.92 Å². The van der Waals surface area contributed by atoms with Gasteiger partial charge in [-0.25, -0.2) is 4.98 Å². The van der Waals surface area contributed by atoms with E-state index in [9.17, 15) is 19.7 Å². The van der Waals surface area contributed by atoms with E-state index >= 15 is 0 Å². The number of carbonyl (C=O) groups excluding carboxylic acids is 1. The van der Waals surface area contributed by atoms with Crippen molar-refractivity contribution in [2.24, 2.45) is 0 Å². The van der Waals surface area contributed by atoms with E-state index in [2.05, 4.69) is 4.98 Å². The molecule has 0 bridgehead atoms. The fraction of sp³-hybridized carbons (Fsp3) is 0.312. The van der Waals surface area contributed by atoms with Crippen LogP contribution in [0.2, 0.25) is 0 Å². The van der Waals surface area contributed by atoms with E-state index in [4.69, 9.17) is 5.11 Å². The summed E-state index contributed by atoms with van der Waals surface area (Å²) in [7, 11) is 0. The van der Waals surface area contributed by atoms with Crippen molar-refractivity contribution < 1.29 is 19.6 Å². The summed E-state index contributed by atoms with van der Waals surface area (Å²) in [5, 5.41) is 21.8. The number of nitro benzene ring substituents is 1. The summed E-state index contributed by atoms with van der Waals surface area (Å²) in [4.78, 5) is 39.3. The number of rotatable bonds is 7. The lowest BCUT2D eigenvalue weighted by molar-refractivity contribution is -0.384. The zero-order valence-electron chi connectivity index (χ0n) is 13.7. The van der Waals surface area contributed by atoms with E-state index in [1.54, 1.807) is 24.4 Å². The molecule has 1 aromatic carbocycles. The number of nitro groups is 1. The molecule has 1 unspecified atom stereocenters. The van der Waals surface area contributed by atoms with Gasteiger partial charge in [-0.05, 0) is 25.5 Å². The number of thiazole rings is 1. The highest BCUT2D eigenvalue weighted by atomic mass is 32.1. The lowest BCUT2D eigenvalue weighted by Gasteiger charge is -2.26. The van der Waals surface area contributed by atoms with Crippen LogP contribution in [0.3, 0.4) is 0 Å². The van der Waals surface area contributed by atoms with Crippen molar-refractivity contribution in [2.45, 2.75) is 26.3 Å².